The predicted molar refractivity (Wildman–Crippen MR) is 210 cm³/mol. The smallest absolute Gasteiger partial charge is 0.147 e. The van der Waals surface area contributed by atoms with Crippen LogP contribution in [0.2, 0.25) is 0 Å². The van der Waals surface area contributed by atoms with Gasteiger partial charge < -0.3 is 8.83 Å². The molecule has 0 spiro atoms. The molecule has 50 heavy (non-hydrogen) atoms. The molecule has 232 valence electrons. The van der Waals surface area contributed by atoms with E-state index in [2.05, 4.69) is 146 Å². The minimum atomic E-state index is 0.843. The Bertz CT molecular complexity index is 3010. The Morgan fingerprint density at radius 3 is 1.32 bits per heavy atom. The van der Waals surface area contributed by atoms with E-state index < -0.39 is 0 Å². The molecule has 0 N–H and O–H groups in total. The third kappa shape index (κ3) is 3.85. The molecule has 0 unspecified atom stereocenters. The number of rotatable bonds is 3. The molecule has 0 saturated heterocycles. The fourth-order valence-corrected chi connectivity index (χ4v) is 8.30. The van der Waals surface area contributed by atoms with Crippen molar-refractivity contribution < 1.29 is 8.83 Å². The van der Waals surface area contributed by atoms with Crippen molar-refractivity contribution in [1.29, 1.82) is 0 Å². The van der Waals surface area contributed by atoms with Crippen LogP contribution in [0.5, 0.6) is 0 Å². The lowest BCUT2D eigenvalue weighted by Gasteiger charge is -2.19. The number of fused-ring (bicyclic) bond motifs is 9. The van der Waals surface area contributed by atoms with E-state index in [1.807, 2.05) is 24.3 Å². The molecule has 0 fully saturated rings. The molecule has 0 saturated carbocycles. The molecule has 0 atom stereocenters. The predicted octanol–water partition coefficient (Wildman–Crippen LogP) is 13.9. The van der Waals surface area contributed by atoms with E-state index in [4.69, 9.17) is 8.83 Å². The molecular weight excluding hydrogens is 609 g/mol. The lowest BCUT2D eigenvalue weighted by Crippen LogP contribution is -1.92. The molecule has 11 aromatic rings. The Hall–Kier alpha value is -6.64. The average molecular weight is 637 g/mol. The summed E-state index contributed by atoms with van der Waals surface area (Å²) in [4.78, 5) is 0. The van der Waals surface area contributed by atoms with E-state index in [0.29, 0.717) is 0 Å². The second kappa shape index (κ2) is 10.4. The van der Waals surface area contributed by atoms with E-state index in [9.17, 15) is 0 Å². The van der Waals surface area contributed by atoms with E-state index in [-0.39, 0.29) is 0 Å². The van der Waals surface area contributed by atoms with Crippen LogP contribution < -0.4 is 0 Å². The van der Waals surface area contributed by atoms with Crippen molar-refractivity contribution in [2.24, 2.45) is 0 Å². The first-order valence-electron chi connectivity index (χ1n) is 17.1. The van der Waals surface area contributed by atoms with Crippen LogP contribution >= 0.6 is 0 Å². The summed E-state index contributed by atoms with van der Waals surface area (Å²) in [5.41, 5.74) is 10.4. The molecule has 11 rings (SSSR count). The highest BCUT2D eigenvalue weighted by atomic mass is 16.3. The van der Waals surface area contributed by atoms with Crippen molar-refractivity contribution in [3.8, 4) is 33.4 Å². The second-order valence-electron chi connectivity index (χ2n) is 13.2. The van der Waals surface area contributed by atoms with Gasteiger partial charge in [0.25, 0.3) is 0 Å². The molecule has 2 nitrogen and oxygen atoms in total. The molecule has 0 aliphatic rings. The molecule has 9 aromatic carbocycles. The molecule has 0 amide bonds. The summed E-state index contributed by atoms with van der Waals surface area (Å²) in [5.74, 6) is 0. The Labute approximate surface area is 287 Å². The van der Waals surface area contributed by atoms with Gasteiger partial charge in [-0.15, -0.1) is 0 Å². The number of hydrogen-bond acceptors (Lipinski definition) is 2. The lowest BCUT2D eigenvalue weighted by atomic mass is 9.84. The number of furan rings is 2. The van der Waals surface area contributed by atoms with E-state index in [1.165, 1.54) is 49.0 Å². The van der Waals surface area contributed by atoms with Crippen LogP contribution in [0.1, 0.15) is 0 Å². The Kier molecular flexibility index (Phi) is 5.70. The highest BCUT2D eigenvalue weighted by molar-refractivity contribution is 6.25. The lowest BCUT2D eigenvalue weighted by molar-refractivity contribution is 0.658. The fourth-order valence-electron chi connectivity index (χ4n) is 8.30. The maximum Gasteiger partial charge on any atom is 0.147 e. The first kappa shape index (κ1) is 27.3. The molecule has 2 aromatic heterocycles. The standard InChI is InChI=1S/C48H28O2/c1-2-17-32-29(13-1)14-12-24-35(32)46-38-22-5-3-20-36(38)44(37-21-4-6-23-39(37)46)30-15-11-16-31(27-30)45-47-40(33-18-7-9-25-42(33)49-47)28-41-34-19-8-10-26-43(34)50-48(41)45/h1-28H. The number of benzene rings is 9. The zero-order valence-corrected chi connectivity index (χ0v) is 27.0. The topological polar surface area (TPSA) is 26.3 Å². The van der Waals surface area contributed by atoms with Crippen molar-refractivity contribution in [3.63, 3.8) is 0 Å². The van der Waals surface area contributed by atoms with Crippen molar-refractivity contribution >= 4 is 76.2 Å². The average Bonchev–Trinajstić information content (AvgIpc) is 3.74. The molecule has 2 heterocycles. The quantitative estimate of drug-likeness (QED) is 0.180. The van der Waals surface area contributed by atoms with Crippen LogP contribution in [-0.4, -0.2) is 0 Å². The van der Waals surface area contributed by atoms with Gasteiger partial charge in [-0.3, -0.25) is 0 Å². The van der Waals surface area contributed by atoms with Crippen LogP contribution in [0.4, 0.5) is 0 Å². The summed E-state index contributed by atoms with van der Waals surface area (Å²) in [6.45, 7) is 0. The maximum atomic E-state index is 6.67. The van der Waals surface area contributed by atoms with Crippen molar-refractivity contribution in [3.05, 3.63) is 170 Å². The number of para-hydroxylation sites is 2. The molecule has 2 heteroatoms. The summed E-state index contributed by atoms with van der Waals surface area (Å²) in [5, 5.41) is 11.8. The Morgan fingerprint density at radius 2 is 0.720 bits per heavy atom. The SMILES string of the molecule is c1cc(-c2c3ccccc3c(-c3cccc4ccccc34)c3ccccc23)cc(-c2c3oc4ccccc4c3cc3c2oc2ccccc23)c1. The van der Waals surface area contributed by atoms with Crippen LogP contribution in [-0.2, 0) is 0 Å². The van der Waals surface area contributed by atoms with Gasteiger partial charge in [0.15, 0.2) is 0 Å². The summed E-state index contributed by atoms with van der Waals surface area (Å²) in [7, 11) is 0. The molecule has 0 aliphatic heterocycles. The highest BCUT2D eigenvalue weighted by Gasteiger charge is 2.23. The highest BCUT2D eigenvalue weighted by Crippen LogP contribution is 2.48. The van der Waals surface area contributed by atoms with Gasteiger partial charge >= 0.3 is 0 Å². The molecular formula is C48H28O2. The van der Waals surface area contributed by atoms with Gasteiger partial charge in [-0.2, -0.15) is 0 Å². The van der Waals surface area contributed by atoms with Gasteiger partial charge in [0.2, 0.25) is 0 Å². The largest absolute Gasteiger partial charge is 0.455 e. The van der Waals surface area contributed by atoms with Crippen LogP contribution in [0.15, 0.2) is 179 Å². The third-order valence-electron chi connectivity index (χ3n) is 10.4. The third-order valence-corrected chi connectivity index (χ3v) is 10.4. The van der Waals surface area contributed by atoms with E-state index >= 15 is 0 Å². The van der Waals surface area contributed by atoms with Gasteiger partial charge in [0.05, 0.1) is 5.56 Å². The van der Waals surface area contributed by atoms with Gasteiger partial charge in [-0.25, -0.2) is 0 Å². The Morgan fingerprint density at radius 1 is 0.280 bits per heavy atom. The molecule has 0 aliphatic carbocycles. The van der Waals surface area contributed by atoms with E-state index in [0.717, 1.165) is 60.6 Å². The van der Waals surface area contributed by atoms with Crippen LogP contribution in [0.25, 0.3) is 110 Å². The zero-order valence-electron chi connectivity index (χ0n) is 27.0. The van der Waals surface area contributed by atoms with Gasteiger partial charge in [0.1, 0.15) is 22.3 Å². The molecule has 0 radical (unpaired) electrons. The fraction of sp³-hybridized carbons (Fsp3) is 0. The first-order chi connectivity index (χ1) is 24.8. The van der Waals surface area contributed by atoms with Gasteiger partial charge in [0, 0.05) is 21.5 Å². The minimum absolute atomic E-state index is 0.843. The summed E-state index contributed by atoms with van der Waals surface area (Å²) in [6.07, 6.45) is 0. The van der Waals surface area contributed by atoms with Crippen LogP contribution in [0.3, 0.4) is 0 Å². The van der Waals surface area contributed by atoms with Gasteiger partial charge in [-0.1, -0.05) is 146 Å². The monoisotopic (exact) mass is 636 g/mol. The van der Waals surface area contributed by atoms with Crippen LogP contribution in [0, 0.1) is 0 Å². The van der Waals surface area contributed by atoms with Gasteiger partial charge in [-0.05, 0) is 84.4 Å². The van der Waals surface area contributed by atoms with Crippen molar-refractivity contribution in [2.45, 2.75) is 0 Å². The minimum Gasteiger partial charge on any atom is -0.455 e. The van der Waals surface area contributed by atoms with Crippen molar-refractivity contribution in [2.75, 3.05) is 0 Å². The number of hydrogen-bond donors (Lipinski definition) is 0. The second-order valence-corrected chi connectivity index (χ2v) is 13.2. The first-order valence-corrected chi connectivity index (χ1v) is 17.1. The Balaban J connectivity index is 1.23. The summed E-state index contributed by atoms with van der Waals surface area (Å²) in [6, 6.07) is 60.8. The summed E-state index contributed by atoms with van der Waals surface area (Å²) < 4.78 is 13.3. The van der Waals surface area contributed by atoms with Crippen molar-refractivity contribution in [1.82, 2.24) is 0 Å². The zero-order chi connectivity index (χ0) is 32.8. The maximum absolute atomic E-state index is 6.67. The summed E-state index contributed by atoms with van der Waals surface area (Å²) >= 11 is 0. The molecule has 0 bridgehead atoms. The normalized spacial score (nSPS) is 12.0. The van der Waals surface area contributed by atoms with E-state index in [1.54, 1.807) is 0 Å².